The summed E-state index contributed by atoms with van der Waals surface area (Å²) in [6.45, 7) is 9.17. The third kappa shape index (κ3) is 5.34. The van der Waals surface area contributed by atoms with E-state index in [1.165, 1.54) is 17.3 Å². The van der Waals surface area contributed by atoms with E-state index in [1.54, 1.807) is 0 Å². The molecule has 0 saturated heterocycles. The third-order valence-electron chi connectivity index (χ3n) is 5.56. The molecule has 33 heavy (non-hydrogen) atoms. The van der Waals surface area contributed by atoms with E-state index in [9.17, 15) is 4.79 Å². The molecule has 0 aliphatic heterocycles. The van der Waals surface area contributed by atoms with Gasteiger partial charge < -0.3 is 5.32 Å². The molecule has 2 aromatic heterocycles. The lowest BCUT2D eigenvalue weighted by Gasteiger charge is -2.10. The van der Waals surface area contributed by atoms with E-state index in [0.717, 1.165) is 34.0 Å². The van der Waals surface area contributed by atoms with Crippen LogP contribution in [-0.4, -0.2) is 36.2 Å². The zero-order chi connectivity index (χ0) is 23.4. The van der Waals surface area contributed by atoms with Gasteiger partial charge in [-0.3, -0.25) is 14.0 Å². The van der Waals surface area contributed by atoms with Crippen molar-refractivity contribution in [2.75, 3.05) is 5.75 Å². The number of amides is 1. The van der Waals surface area contributed by atoms with Crippen LogP contribution >= 0.6 is 11.8 Å². The molecule has 170 valence electrons. The van der Waals surface area contributed by atoms with Crippen LogP contribution in [0.2, 0.25) is 0 Å². The molecule has 0 spiro atoms. The van der Waals surface area contributed by atoms with Crippen molar-refractivity contribution >= 4 is 17.7 Å². The summed E-state index contributed by atoms with van der Waals surface area (Å²) in [4.78, 5) is 12.6. The molecular weight excluding hydrogens is 432 g/mol. The maximum Gasteiger partial charge on any atom is 0.230 e. The number of benzene rings is 2. The minimum absolute atomic E-state index is 0.0499. The molecule has 0 fully saturated rings. The number of aromatic nitrogens is 5. The minimum atomic E-state index is -0.0499. The van der Waals surface area contributed by atoms with E-state index >= 15 is 0 Å². The Morgan fingerprint density at radius 3 is 2.55 bits per heavy atom. The highest BCUT2D eigenvalue weighted by Gasteiger charge is 2.16. The number of hydrogen-bond donors (Lipinski definition) is 1. The maximum absolute atomic E-state index is 12.6. The lowest BCUT2D eigenvalue weighted by molar-refractivity contribution is -0.118. The Kier molecular flexibility index (Phi) is 6.93. The van der Waals surface area contributed by atoms with Crippen molar-refractivity contribution in [3.8, 4) is 5.69 Å². The summed E-state index contributed by atoms with van der Waals surface area (Å²) in [5.74, 6) is 1.01. The normalized spacial score (nSPS) is 11.0. The Labute approximate surface area is 198 Å². The fourth-order valence-electron chi connectivity index (χ4n) is 3.77. The predicted octanol–water partition coefficient (Wildman–Crippen LogP) is 4.15. The highest BCUT2D eigenvalue weighted by molar-refractivity contribution is 7.99. The summed E-state index contributed by atoms with van der Waals surface area (Å²) in [7, 11) is 0. The van der Waals surface area contributed by atoms with Crippen LogP contribution in [0.3, 0.4) is 0 Å². The molecule has 2 heterocycles. The van der Waals surface area contributed by atoms with Gasteiger partial charge in [0.05, 0.1) is 18.0 Å². The van der Waals surface area contributed by atoms with Gasteiger partial charge in [-0.25, -0.2) is 0 Å². The van der Waals surface area contributed by atoms with Gasteiger partial charge in [-0.1, -0.05) is 54.2 Å². The van der Waals surface area contributed by atoms with Crippen LogP contribution in [0.15, 0.2) is 59.8 Å². The first-order valence-electron chi connectivity index (χ1n) is 10.9. The van der Waals surface area contributed by atoms with Gasteiger partial charge in [-0.05, 0) is 51.0 Å². The first-order chi connectivity index (χ1) is 15.9. The molecule has 7 nitrogen and oxygen atoms in total. The smallest absolute Gasteiger partial charge is 0.230 e. The molecule has 0 aliphatic carbocycles. The van der Waals surface area contributed by atoms with Crippen LogP contribution in [0.1, 0.15) is 33.9 Å². The number of nitrogens with one attached hydrogen (secondary N) is 1. The maximum atomic E-state index is 12.6. The number of aryl methyl sites for hydroxylation is 3. The van der Waals surface area contributed by atoms with Gasteiger partial charge >= 0.3 is 0 Å². The number of hydrogen-bond acceptors (Lipinski definition) is 5. The molecular formula is C25H28N6OS. The first-order valence-corrected chi connectivity index (χ1v) is 11.9. The molecule has 4 aromatic rings. The highest BCUT2D eigenvalue weighted by Crippen LogP contribution is 2.22. The van der Waals surface area contributed by atoms with E-state index < -0.39 is 0 Å². The van der Waals surface area contributed by atoms with Crippen LogP contribution < -0.4 is 5.32 Å². The van der Waals surface area contributed by atoms with Crippen molar-refractivity contribution in [3.63, 3.8) is 0 Å². The van der Waals surface area contributed by atoms with Gasteiger partial charge in [0, 0.05) is 23.5 Å². The zero-order valence-corrected chi connectivity index (χ0v) is 20.2. The van der Waals surface area contributed by atoms with Crippen molar-refractivity contribution < 1.29 is 4.79 Å². The fourth-order valence-corrected chi connectivity index (χ4v) is 4.60. The standard InChI is InChI=1S/C25H28N6OS/c1-17-9-8-12-22(13-17)31-20(4)27-28-25(31)33-16-24(32)26-14-23-18(2)29-30(19(23)3)15-21-10-6-5-7-11-21/h5-13H,14-16H2,1-4H3,(H,26,32). The summed E-state index contributed by atoms with van der Waals surface area (Å²) < 4.78 is 3.97. The summed E-state index contributed by atoms with van der Waals surface area (Å²) >= 11 is 1.38. The number of nitrogens with zero attached hydrogens (tertiary/aromatic N) is 5. The van der Waals surface area contributed by atoms with Crippen molar-refractivity contribution in [2.45, 2.75) is 45.9 Å². The lowest BCUT2D eigenvalue weighted by Crippen LogP contribution is -2.25. The monoisotopic (exact) mass is 460 g/mol. The van der Waals surface area contributed by atoms with Gasteiger partial charge in [0.2, 0.25) is 5.91 Å². The van der Waals surface area contributed by atoms with E-state index in [2.05, 4.69) is 51.8 Å². The Hall–Kier alpha value is -3.39. The highest BCUT2D eigenvalue weighted by atomic mass is 32.2. The molecule has 4 rings (SSSR count). The van der Waals surface area contributed by atoms with Crippen molar-refractivity contribution in [2.24, 2.45) is 0 Å². The molecule has 0 unspecified atom stereocenters. The van der Waals surface area contributed by atoms with Gasteiger partial charge in [-0.15, -0.1) is 10.2 Å². The summed E-state index contributed by atoms with van der Waals surface area (Å²) in [6, 6.07) is 18.4. The number of carbonyl (C=O) groups is 1. The average molecular weight is 461 g/mol. The Morgan fingerprint density at radius 2 is 1.79 bits per heavy atom. The van der Waals surface area contributed by atoms with E-state index in [4.69, 9.17) is 0 Å². The number of rotatable bonds is 8. The Bertz CT molecular complexity index is 1260. The molecule has 0 bridgehead atoms. The minimum Gasteiger partial charge on any atom is -0.351 e. The molecule has 1 amide bonds. The Morgan fingerprint density at radius 1 is 1.00 bits per heavy atom. The summed E-state index contributed by atoms with van der Waals surface area (Å²) in [6.07, 6.45) is 0. The van der Waals surface area contributed by atoms with E-state index in [1.807, 2.05) is 60.4 Å². The van der Waals surface area contributed by atoms with Crippen LogP contribution in [-0.2, 0) is 17.9 Å². The largest absolute Gasteiger partial charge is 0.351 e. The third-order valence-corrected chi connectivity index (χ3v) is 6.49. The van der Waals surface area contributed by atoms with Gasteiger partial charge in [0.15, 0.2) is 5.16 Å². The molecule has 0 radical (unpaired) electrons. The average Bonchev–Trinajstić information content (AvgIpc) is 3.30. The van der Waals surface area contributed by atoms with Crippen molar-refractivity contribution in [3.05, 3.63) is 88.5 Å². The van der Waals surface area contributed by atoms with Gasteiger partial charge in [0.25, 0.3) is 0 Å². The number of carbonyl (C=O) groups excluding carboxylic acids is 1. The summed E-state index contributed by atoms with van der Waals surface area (Å²) in [5, 5.41) is 16.9. The van der Waals surface area contributed by atoms with E-state index in [-0.39, 0.29) is 11.7 Å². The number of thioether (sulfide) groups is 1. The SMILES string of the molecule is Cc1cccc(-n2c(C)nnc2SCC(=O)NCc2c(C)nn(Cc3ccccc3)c2C)c1. The summed E-state index contributed by atoms with van der Waals surface area (Å²) in [5.41, 5.74) is 6.42. The Balaban J connectivity index is 1.37. The lowest BCUT2D eigenvalue weighted by atomic mass is 10.2. The topological polar surface area (TPSA) is 77.6 Å². The fraction of sp³-hybridized carbons (Fsp3) is 0.280. The predicted molar refractivity (Wildman–Crippen MR) is 131 cm³/mol. The van der Waals surface area contributed by atoms with Crippen LogP contribution in [0, 0.1) is 27.7 Å². The molecule has 8 heteroatoms. The van der Waals surface area contributed by atoms with Gasteiger partial charge in [-0.2, -0.15) is 5.10 Å². The first kappa shape index (κ1) is 22.8. The van der Waals surface area contributed by atoms with E-state index in [0.29, 0.717) is 18.2 Å². The molecule has 0 saturated carbocycles. The zero-order valence-electron chi connectivity index (χ0n) is 19.4. The van der Waals surface area contributed by atoms with Crippen LogP contribution in [0.25, 0.3) is 5.69 Å². The molecule has 1 N–H and O–H groups in total. The van der Waals surface area contributed by atoms with Crippen molar-refractivity contribution in [1.82, 2.24) is 29.9 Å². The molecule has 2 aromatic carbocycles. The molecule has 0 aliphatic rings. The van der Waals surface area contributed by atoms with Gasteiger partial charge in [0.1, 0.15) is 5.82 Å². The second-order valence-corrected chi connectivity index (χ2v) is 9.00. The second-order valence-electron chi connectivity index (χ2n) is 8.06. The van der Waals surface area contributed by atoms with Crippen LogP contribution in [0.4, 0.5) is 0 Å². The second kappa shape index (κ2) is 10.0. The quantitative estimate of drug-likeness (QED) is 0.400. The van der Waals surface area contributed by atoms with Crippen LogP contribution in [0.5, 0.6) is 0 Å². The molecule has 0 atom stereocenters. The van der Waals surface area contributed by atoms with Crippen molar-refractivity contribution in [1.29, 1.82) is 0 Å².